The first-order valence-corrected chi connectivity index (χ1v) is 17.5. The molecule has 7 N–H and O–H groups in total. The molecule has 46 heavy (non-hydrogen) atoms. The minimum Gasteiger partial charge on any atom is -0.445 e. The number of fused-ring (bicyclic) bond motifs is 2. The normalized spacial score (nSPS) is 24.1. The van der Waals surface area contributed by atoms with E-state index in [0.29, 0.717) is 5.56 Å². The van der Waals surface area contributed by atoms with Gasteiger partial charge in [0.05, 0.1) is 29.7 Å². The van der Waals surface area contributed by atoms with E-state index in [1.54, 1.807) is 13.8 Å². The number of alkyl carbamates (subject to hydrolysis) is 1. The van der Waals surface area contributed by atoms with Gasteiger partial charge in [0.15, 0.2) is 23.2 Å². The number of benzene rings is 1. The first kappa shape index (κ1) is 34.3. The average molecular weight is 688 g/mol. The molecule has 2 aliphatic rings. The van der Waals surface area contributed by atoms with Crippen LogP contribution in [0.1, 0.15) is 44.9 Å². The van der Waals surface area contributed by atoms with E-state index in [0.717, 1.165) is 0 Å². The van der Waals surface area contributed by atoms with Gasteiger partial charge < -0.3 is 53.9 Å². The SMILES string of the molecule is CC1(C)O[C@@H]2[C@H](O1)[C@@H](C(O)CCC(CCNC(=O)OCc1ccc(P(=O)(O)O)cc1)P(=O)(O)O)O[C@H]2n1cnc2c(=O)[nH]cnc21. The van der Waals surface area contributed by atoms with Gasteiger partial charge in [-0.05, 0) is 50.8 Å². The monoisotopic (exact) mass is 687 g/mol. The highest BCUT2D eigenvalue weighted by molar-refractivity contribution is 7.60. The second kappa shape index (κ2) is 13.2. The third-order valence-electron chi connectivity index (χ3n) is 7.74. The second-order valence-corrected chi connectivity index (χ2v) is 15.0. The fourth-order valence-electron chi connectivity index (χ4n) is 5.53. The zero-order chi connectivity index (χ0) is 33.4. The number of nitrogens with one attached hydrogen (secondary N) is 2. The number of aromatic amines is 1. The minimum atomic E-state index is -4.65. The number of carbonyl (C=O) groups excluding carboxylic acids is 1. The Kier molecular flexibility index (Phi) is 9.88. The lowest BCUT2D eigenvalue weighted by Gasteiger charge is -2.27. The van der Waals surface area contributed by atoms with Crippen molar-refractivity contribution in [1.29, 1.82) is 0 Å². The fraction of sp³-hybridized carbons (Fsp3) is 0.538. The van der Waals surface area contributed by atoms with Crippen LogP contribution in [-0.4, -0.2) is 92.7 Å². The van der Waals surface area contributed by atoms with E-state index in [1.807, 2.05) is 0 Å². The summed E-state index contributed by atoms with van der Waals surface area (Å²) >= 11 is 0. The molecule has 2 unspecified atom stereocenters. The first-order valence-electron chi connectivity index (χ1n) is 14.2. The molecule has 18 nitrogen and oxygen atoms in total. The average Bonchev–Trinajstić information content (AvgIpc) is 3.63. The van der Waals surface area contributed by atoms with Crippen molar-refractivity contribution in [3.05, 3.63) is 52.8 Å². The molecule has 1 amide bonds. The van der Waals surface area contributed by atoms with Gasteiger partial charge in [-0.3, -0.25) is 18.5 Å². The van der Waals surface area contributed by atoms with E-state index in [9.17, 15) is 43.4 Å². The van der Waals surface area contributed by atoms with Crippen LogP contribution < -0.4 is 16.2 Å². The van der Waals surface area contributed by atoms with Gasteiger partial charge in [-0.15, -0.1) is 0 Å². The largest absolute Gasteiger partial charge is 0.445 e. The summed E-state index contributed by atoms with van der Waals surface area (Å²) in [6, 6.07) is 5.24. The van der Waals surface area contributed by atoms with Crippen LogP contribution in [0.15, 0.2) is 41.7 Å². The van der Waals surface area contributed by atoms with Crippen molar-refractivity contribution < 1.29 is 57.6 Å². The number of amides is 1. The Bertz CT molecular complexity index is 1700. The van der Waals surface area contributed by atoms with Crippen LogP contribution in [0.2, 0.25) is 0 Å². The van der Waals surface area contributed by atoms with E-state index >= 15 is 0 Å². The molecular weight excluding hydrogens is 652 g/mol. The van der Waals surface area contributed by atoms with Crippen LogP contribution in [-0.2, 0) is 34.7 Å². The van der Waals surface area contributed by atoms with Gasteiger partial charge in [0.2, 0.25) is 0 Å². The standard InChI is InChI=1S/C26H35N5O13P2/c1-26(2)43-20-19(42-24(21(20)44-26)31-13-30-18-22(31)28-12-29-23(18)33)17(32)8-7-16(46(38,39)40)9-10-27-25(34)41-11-14-3-5-15(6-4-14)45(35,36)37/h3-6,12-13,16-17,19-21,24,32H,7-11H2,1-2H3,(H,27,34)(H,28,29,33)(H2,35,36,37)(H2,38,39,40)/t16?,17?,19-,20-,21-,24-/m1/s1. The smallest absolute Gasteiger partial charge is 0.407 e. The predicted octanol–water partition coefficient (Wildman–Crippen LogP) is 0.344. The van der Waals surface area contributed by atoms with Gasteiger partial charge in [-0.1, -0.05) is 12.1 Å². The molecule has 2 aliphatic heterocycles. The molecule has 4 heterocycles. The molecule has 20 heteroatoms. The third-order valence-corrected chi connectivity index (χ3v) is 10.2. The summed E-state index contributed by atoms with van der Waals surface area (Å²) in [4.78, 5) is 73.3. The van der Waals surface area contributed by atoms with E-state index in [1.165, 1.54) is 41.5 Å². The maximum absolute atomic E-state index is 12.3. The van der Waals surface area contributed by atoms with Crippen molar-refractivity contribution in [2.75, 3.05) is 6.54 Å². The Labute approximate surface area is 261 Å². The molecule has 0 bridgehead atoms. The second-order valence-electron chi connectivity index (χ2n) is 11.5. The molecule has 2 saturated heterocycles. The zero-order valence-corrected chi connectivity index (χ0v) is 26.5. The number of aromatic nitrogens is 4. The molecule has 0 aliphatic carbocycles. The number of hydrogen-bond acceptors (Lipinski definition) is 11. The fourth-order valence-corrected chi connectivity index (χ4v) is 7.01. The van der Waals surface area contributed by atoms with Crippen LogP contribution in [0.4, 0.5) is 4.79 Å². The number of nitrogens with zero attached hydrogens (tertiary/aromatic N) is 3. The lowest BCUT2D eigenvalue weighted by molar-refractivity contribution is -0.207. The summed E-state index contributed by atoms with van der Waals surface area (Å²) in [5.74, 6) is -1.03. The molecular formula is C26H35N5O13P2. The molecule has 5 rings (SSSR count). The summed E-state index contributed by atoms with van der Waals surface area (Å²) in [5, 5.41) is 13.4. The van der Waals surface area contributed by atoms with Gasteiger partial charge in [-0.2, -0.15) is 0 Å². The van der Waals surface area contributed by atoms with Crippen molar-refractivity contribution in [2.45, 2.75) is 81.8 Å². The molecule has 252 valence electrons. The Morgan fingerprint density at radius 1 is 1.09 bits per heavy atom. The molecule has 3 aromatic rings. The van der Waals surface area contributed by atoms with Crippen molar-refractivity contribution >= 4 is 37.8 Å². The van der Waals surface area contributed by atoms with Crippen LogP contribution in [0, 0.1) is 0 Å². The molecule has 0 spiro atoms. The van der Waals surface area contributed by atoms with Gasteiger partial charge in [-0.25, -0.2) is 14.8 Å². The van der Waals surface area contributed by atoms with E-state index in [4.69, 9.17) is 18.9 Å². The van der Waals surface area contributed by atoms with Crippen LogP contribution in [0.3, 0.4) is 0 Å². The predicted molar refractivity (Wildman–Crippen MR) is 158 cm³/mol. The summed E-state index contributed by atoms with van der Waals surface area (Å²) in [7, 11) is -9.05. The van der Waals surface area contributed by atoms with Crippen molar-refractivity contribution in [2.24, 2.45) is 0 Å². The lowest BCUT2D eigenvalue weighted by atomic mass is 10.0. The van der Waals surface area contributed by atoms with Gasteiger partial charge in [0, 0.05) is 6.54 Å². The topological polar surface area (TPSA) is 265 Å². The Balaban J connectivity index is 1.16. The minimum absolute atomic E-state index is 0.0855. The summed E-state index contributed by atoms with van der Waals surface area (Å²) in [5.41, 5.74) is -0.856. The third kappa shape index (κ3) is 7.74. The van der Waals surface area contributed by atoms with Crippen molar-refractivity contribution in [3.8, 4) is 0 Å². The zero-order valence-electron chi connectivity index (χ0n) is 24.7. The van der Waals surface area contributed by atoms with Gasteiger partial charge in [0.25, 0.3) is 5.56 Å². The maximum Gasteiger partial charge on any atom is 0.407 e. The number of imidazole rings is 1. The van der Waals surface area contributed by atoms with Crippen LogP contribution >= 0.6 is 15.2 Å². The number of aliphatic hydroxyl groups is 1. The summed E-state index contributed by atoms with van der Waals surface area (Å²) in [6.45, 7) is 3.06. The number of aliphatic hydroxyl groups excluding tert-OH is 1. The maximum atomic E-state index is 12.3. The van der Waals surface area contributed by atoms with Gasteiger partial charge in [0.1, 0.15) is 24.9 Å². The molecule has 2 fully saturated rings. The number of rotatable bonds is 12. The molecule has 0 radical (unpaired) electrons. The highest BCUT2D eigenvalue weighted by atomic mass is 31.2. The molecule has 0 saturated carbocycles. The van der Waals surface area contributed by atoms with E-state index < -0.39 is 68.9 Å². The van der Waals surface area contributed by atoms with Crippen LogP contribution in [0.25, 0.3) is 11.2 Å². The van der Waals surface area contributed by atoms with Crippen molar-refractivity contribution in [1.82, 2.24) is 24.8 Å². The number of H-pyrrole nitrogens is 1. The van der Waals surface area contributed by atoms with E-state index in [-0.39, 0.29) is 48.9 Å². The summed E-state index contributed by atoms with van der Waals surface area (Å²) < 4.78 is 48.4. The Morgan fingerprint density at radius 3 is 2.46 bits per heavy atom. The van der Waals surface area contributed by atoms with Crippen LogP contribution in [0.5, 0.6) is 0 Å². The summed E-state index contributed by atoms with van der Waals surface area (Å²) in [6.07, 6.45) is -3.13. The highest BCUT2D eigenvalue weighted by Crippen LogP contribution is 2.47. The quantitative estimate of drug-likeness (QED) is 0.127. The highest BCUT2D eigenvalue weighted by Gasteiger charge is 2.58. The molecule has 2 aromatic heterocycles. The Hall–Kier alpha value is -3.02. The number of carbonyl (C=O) groups is 1. The van der Waals surface area contributed by atoms with E-state index in [2.05, 4.69) is 20.3 Å². The number of ether oxygens (including phenoxy) is 4. The van der Waals surface area contributed by atoms with Crippen molar-refractivity contribution in [3.63, 3.8) is 0 Å². The first-order chi connectivity index (χ1) is 21.5. The number of hydrogen-bond donors (Lipinski definition) is 7. The Morgan fingerprint density at radius 2 is 1.78 bits per heavy atom. The molecule has 6 atom stereocenters. The van der Waals surface area contributed by atoms with Gasteiger partial charge >= 0.3 is 21.3 Å². The lowest BCUT2D eigenvalue weighted by Crippen LogP contribution is -2.39. The molecule has 1 aromatic carbocycles.